The molecule has 1 heterocycles. The van der Waals surface area contributed by atoms with E-state index in [1.54, 1.807) is 6.92 Å². The average Bonchev–Trinajstić information content (AvgIpc) is 2.97. The van der Waals surface area contributed by atoms with E-state index >= 15 is 0 Å². The first-order valence-corrected chi connectivity index (χ1v) is 7.30. The Balaban J connectivity index is 2.11. The fraction of sp³-hybridized carbons (Fsp3) is 0.375. The van der Waals surface area contributed by atoms with Gasteiger partial charge in [0.1, 0.15) is 0 Å². The summed E-state index contributed by atoms with van der Waals surface area (Å²) in [7, 11) is 0. The van der Waals surface area contributed by atoms with Gasteiger partial charge in [-0.15, -0.1) is 0 Å². The lowest BCUT2D eigenvalue weighted by atomic mass is 10.0. The Bertz CT molecular complexity index is 665. The SMILES string of the molecule is CCn1ncc(C(=O)NC[C@@H](C)c2ccccc2)c1C(F)(F)F. The molecule has 0 bridgehead atoms. The molecule has 1 aromatic heterocycles. The summed E-state index contributed by atoms with van der Waals surface area (Å²) in [5.41, 5.74) is -0.447. The van der Waals surface area contributed by atoms with Crippen LogP contribution in [0.3, 0.4) is 0 Å². The maximum atomic E-state index is 13.1. The second kappa shape index (κ2) is 6.85. The molecule has 1 atom stereocenters. The zero-order chi connectivity index (χ0) is 17.0. The lowest BCUT2D eigenvalue weighted by molar-refractivity contribution is -0.144. The largest absolute Gasteiger partial charge is 0.433 e. The summed E-state index contributed by atoms with van der Waals surface area (Å²) in [6, 6.07) is 9.45. The Morgan fingerprint density at radius 1 is 1.30 bits per heavy atom. The van der Waals surface area contributed by atoms with Crippen LogP contribution >= 0.6 is 0 Å². The third kappa shape index (κ3) is 3.91. The highest BCUT2D eigenvalue weighted by Gasteiger charge is 2.39. The van der Waals surface area contributed by atoms with E-state index in [-0.39, 0.29) is 19.0 Å². The number of aromatic nitrogens is 2. The zero-order valence-electron chi connectivity index (χ0n) is 12.9. The Morgan fingerprint density at radius 3 is 2.52 bits per heavy atom. The number of rotatable bonds is 5. The summed E-state index contributed by atoms with van der Waals surface area (Å²) < 4.78 is 40.1. The Morgan fingerprint density at radius 2 is 1.96 bits per heavy atom. The first kappa shape index (κ1) is 17.1. The average molecular weight is 325 g/mol. The first-order valence-electron chi connectivity index (χ1n) is 7.30. The molecule has 4 nitrogen and oxygen atoms in total. The van der Waals surface area contributed by atoms with Crippen LogP contribution in [0.25, 0.3) is 0 Å². The highest BCUT2D eigenvalue weighted by atomic mass is 19.4. The van der Waals surface area contributed by atoms with E-state index < -0.39 is 23.3 Å². The van der Waals surface area contributed by atoms with Crippen LogP contribution in [-0.2, 0) is 12.7 Å². The van der Waals surface area contributed by atoms with E-state index in [4.69, 9.17) is 0 Å². The summed E-state index contributed by atoms with van der Waals surface area (Å²) >= 11 is 0. The molecule has 0 aliphatic rings. The van der Waals surface area contributed by atoms with Crippen molar-refractivity contribution in [1.82, 2.24) is 15.1 Å². The van der Waals surface area contributed by atoms with Gasteiger partial charge >= 0.3 is 6.18 Å². The minimum absolute atomic E-state index is 0.00398. The van der Waals surface area contributed by atoms with Crippen LogP contribution in [0.4, 0.5) is 13.2 Å². The van der Waals surface area contributed by atoms with Crippen molar-refractivity contribution in [2.24, 2.45) is 0 Å². The molecule has 0 fully saturated rings. The molecule has 7 heteroatoms. The predicted octanol–water partition coefficient (Wildman–Crippen LogP) is 3.46. The van der Waals surface area contributed by atoms with Crippen LogP contribution in [-0.4, -0.2) is 22.2 Å². The quantitative estimate of drug-likeness (QED) is 0.915. The van der Waals surface area contributed by atoms with E-state index in [9.17, 15) is 18.0 Å². The van der Waals surface area contributed by atoms with Gasteiger partial charge in [0.25, 0.3) is 5.91 Å². The Labute approximate surface area is 132 Å². The normalized spacial score (nSPS) is 12.9. The number of aryl methyl sites for hydroxylation is 1. The molecule has 0 saturated carbocycles. The fourth-order valence-corrected chi connectivity index (χ4v) is 2.33. The first-order chi connectivity index (χ1) is 10.8. The second-order valence-electron chi connectivity index (χ2n) is 5.24. The van der Waals surface area contributed by atoms with E-state index in [1.165, 1.54) is 0 Å². The van der Waals surface area contributed by atoms with Gasteiger partial charge in [-0.25, -0.2) is 0 Å². The maximum absolute atomic E-state index is 13.1. The van der Waals surface area contributed by atoms with Gasteiger partial charge in [-0.1, -0.05) is 37.3 Å². The summed E-state index contributed by atoms with van der Waals surface area (Å²) in [6.07, 6.45) is -3.65. The monoisotopic (exact) mass is 325 g/mol. The van der Waals surface area contributed by atoms with Crippen LogP contribution in [0.15, 0.2) is 36.5 Å². The number of nitrogens with one attached hydrogen (secondary N) is 1. The van der Waals surface area contributed by atoms with Crippen molar-refractivity contribution in [2.75, 3.05) is 6.54 Å². The summed E-state index contributed by atoms with van der Waals surface area (Å²) in [4.78, 5) is 12.1. The van der Waals surface area contributed by atoms with Crippen molar-refractivity contribution in [3.63, 3.8) is 0 Å². The van der Waals surface area contributed by atoms with Crippen molar-refractivity contribution < 1.29 is 18.0 Å². The van der Waals surface area contributed by atoms with Crippen LogP contribution < -0.4 is 5.32 Å². The van der Waals surface area contributed by atoms with Crippen LogP contribution in [0, 0.1) is 0 Å². The maximum Gasteiger partial charge on any atom is 0.433 e. The minimum Gasteiger partial charge on any atom is -0.351 e. The molecular weight excluding hydrogens is 307 g/mol. The van der Waals surface area contributed by atoms with Crippen LogP contribution in [0.5, 0.6) is 0 Å². The predicted molar refractivity (Wildman–Crippen MR) is 80.1 cm³/mol. The van der Waals surface area contributed by atoms with E-state index in [0.717, 1.165) is 16.4 Å². The van der Waals surface area contributed by atoms with Crippen molar-refractivity contribution in [2.45, 2.75) is 32.5 Å². The molecule has 124 valence electrons. The number of carbonyl (C=O) groups is 1. The van der Waals surface area contributed by atoms with E-state index in [0.29, 0.717) is 0 Å². The smallest absolute Gasteiger partial charge is 0.351 e. The highest BCUT2D eigenvalue weighted by molar-refractivity contribution is 5.95. The highest BCUT2D eigenvalue weighted by Crippen LogP contribution is 2.32. The van der Waals surface area contributed by atoms with E-state index in [2.05, 4.69) is 10.4 Å². The van der Waals surface area contributed by atoms with Gasteiger partial charge in [0.2, 0.25) is 0 Å². The number of amides is 1. The summed E-state index contributed by atoms with van der Waals surface area (Å²) in [6.45, 7) is 3.73. The number of hydrogen-bond acceptors (Lipinski definition) is 2. The second-order valence-corrected chi connectivity index (χ2v) is 5.24. The number of hydrogen-bond donors (Lipinski definition) is 1. The third-order valence-electron chi connectivity index (χ3n) is 3.59. The molecule has 0 radical (unpaired) electrons. The zero-order valence-corrected chi connectivity index (χ0v) is 12.9. The molecule has 0 aliphatic heterocycles. The molecule has 23 heavy (non-hydrogen) atoms. The standard InChI is InChI=1S/C16H18F3N3O/c1-3-22-14(16(17,18)19)13(10-21-22)15(23)20-9-11(2)12-7-5-4-6-8-12/h4-8,10-11H,3,9H2,1-2H3,(H,20,23)/t11-/m1/s1. The van der Waals surface area contributed by atoms with Gasteiger partial charge in [-0.3, -0.25) is 9.48 Å². The molecule has 0 saturated heterocycles. The number of nitrogens with zero attached hydrogens (tertiary/aromatic N) is 2. The molecule has 1 amide bonds. The van der Waals surface area contributed by atoms with Crippen molar-refractivity contribution >= 4 is 5.91 Å². The molecule has 2 rings (SSSR count). The number of carbonyl (C=O) groups excluding carboxylic acids is 1. The van der Waals surface area contributed by atoms with Crippen molar-refractivity contribution in [3.05, 3.63) is 53.3 Å². The molecule has 2 aromatic rings. The molecule has 0 aliphatic carbocycles. The molecule has 0 spiro atoms. The molecular formula is C16H18F3N3O. The fourth-order valence-electron chi connectivity index (χ4n) is 2.33. The van der Waals surface area contributed by atoms with Gasteiger partial charge in [-0.2, -0.15) is 18.3 Å². The van der Waals surface area contributed by atoms with Crippen LogP contribution in [0.1, 0.15) is 41.4 Å². The van der Waals surface area contributed by atoms with Gasteiger partial charge in [0.05, 0.1) is 11.8 Å². The van der Waals surface area contributed by atoms with E-state index in [1.807, 2.05) is 37.3 Å². The van der Waals surface area contributed by atoms with Crippen molar-refractivity contribution in [3.8, 4) is 0 Å². The lowest BCUT2D eigenvalue weighted by Crippen LogP contribution is -2.29. The molecule has 1 N–H and O–H groups in total. The number of benzene rings is 1. The lowest BCUT2D eigenvalue weighted by Gasteiger charge is -2.14. The van der Waals surface area contributed by atoms with Gasteiger partial charge < -0.3 is 5.32 Å². The van der Waals surface area contributed by atoms with Gasteiger partial charge in [0, 0.05) is 13.1 Å². The van der Waals surface area contributed by atoms with Gasteiger partial charge in [-0.05, 0) is 18.4 Å². The minimum atomic E-state index is -4.62. The number of alkyl halides is 3. The topological polar surface area (TPSA) is 46.9 Å². The third-order valence-corrected chi connectivity index (χ3v) is 3.59. The molecule has 1 aromatic carbocycles. The van der Waals surface area contributed by atoms with Gasteiger partial charge in [0.15, 0.2) is 5.69 Å². The molecule has 0 unspecified atom stereocenters. The Kier molecular flexibility index (Phi) is 5.08. The van der Waals surface area contributed by atoms with Crippen LogP contribution in [0.2, 0.25) is 0 Å². The van der Waals surface area contributed by atoms with Crippen molar-refractivity contribution in [1.29, 1.82) is 0 Å². The summed E-state index contributed by atoms with van der Waals surface area (Å²) in [5, 5.41) is 6.20. The summed E-state index contributed by atoms with van der Waals surface area (Å²) in [5.74, 6) is -0.768. The number of halogens is 3. The Hall–Kier alpha value is -2.31.